The monoisotopic (exact) mass is 212 g/mol. The first-order valence-electron chi connectivity index (χ1n) is 5.29. The smallest absolute Gasteiger partial charge is 0.0991 e. The Balaban J connectivity index is 2.44. The van der Waals surface area contributed by atoms with Crippen LogP contribution in [0, 0.1) is 11.3 Å². The molecule has 0 bridgehead atoms. The van der Waals surface area contributed by atoms with Crippen LogP contribution < -0.4 is 5.32 Å². The van der Waals surface area contributed by atoms with Crippen molar-refractivity contribution in [2.24, 2.45) is 0 Å². The van der Waals surface area contributed by atoms with Crippen LogP contribution in [0.1, 0.15) is 18.1 Å². The minimum atomic E-state index is 0.325. The van der Waals surface area contributed by atoms with Crippen molar-refractivity contribution in [1.29, 1.82) is 5.26 Å². The molecule has 1 N–H and O–H groups in total. The van der Waals surface area contributed by atoms with Gasteiger partial charge in [0.25, 0.3) is 0 Å². The van der Waals surface area contributed by atoms with E-state index in [9.17, 15) is 0 Å². The predicted octanol–water partition coefficient (Wildman–Crippen LogP) is 2.74. The molecule has 2 heteroatoms. The maximum Gasteiger partial charge on any atom is 0.0991 e. The molecule has 0 amide bonds. The quantitative estimate of drug-likeness (QED) is 0.762. The molecule has 82 valence electrons. The molecule has 0 aliphatic rings. The highest BCUT2D eigenvalue weighted by Gasteiger charge is 1.91. The number of hydrogen-bond donors (Lipinski definition) is 1. The first-order chi connectivity index (χ1) is 7.76. The van der Waals surface area contributed by atoms with E-state index < -0.39 is 0 Å². The third kappa shape index (κ3) is 4.12. The van der Waals surface area contributed by atoms with Gasteiger partial charge in [0, 0.05) is 12.6 Å². The lowest BCUT2D eigenvalue weighted by Gasteiger charge is -2.04. The van der Waals surface area contributed by atoms with Crippen molar-refractivity contribution in [1.82, 2.24) is 5.32 Å². The number of hydrogen-bond acceptors (Lipinski definition) is 2. The Kier molecular flexibility index (Phi) is 5.04. The van der Waals surface area contributed by atoms with Gasteiger partial charge in [0.1, 0.15) is 0 Å². The first-order valence-corrected chi connectivity index (χ1v) is 5.29. The van der Waals surface area contributed by atoms with Crippen LogP contribution in [0.25, 0.3) is 6.08 Å². The molecule has 0 saturated heterocycles. The van der Waals surface area contributed by atoms with Crippen molar-refractivity contribution < 1.29 is 0 Å². The van der Waals surface area contributed by atoms with Crippen LogP contribution in [0.5, 0.6) is 0 Å². The van der Waals surface area contributed by atoms with Crippen LogP contribution in [0.2, 0.25) is 0 Å². The van der Waals surface area contributed by atoms with Crippen molar-refractivity contribution >= 4 is 6.08 Å². The van der Waals surface area contributed by atoms with Gasteiger partial charge in [-0.3, -0.25) is 0 Å². The van der Waals surface area contributed by atoms with Gasteiger partial charge in [-0.15, -0.1) is 6.58 Å². The average molecular weight is 212 g/mol. The second-order valence-corrected chi connectivity index (χ2v) is 3.57. The second-order valence-electron chi connectivity index (χ2n) is 3.57. The van der Waals surface area contributed by atoms with Gasteiger partial charge in [-0.05, 0) is 24.6 Å². The zero-order valence-corrected chi connectivity index (χ0v) is 9.48. The van der Waals surface area contributed by atoms with E-state index >= 15 is 0 Å². The van der Waals surface area contributed by atoms with Crippen molar-refractivity contribution in [2.75, 3.05) is 6.54 Å². The summed E-state index contributed by atoms with van der Waals surface area (Å²) in [5, 5.41) is 11.9. The van der Waals surface area contributed by atoms with Crippen LogP contribution in [-0.4, -0.2) is 12.6 Å². The minimum absolute atomic E-state index is 0.325. The number of nitriles is 1. The van der Waals surface area contributed by atoms with Crippen LogP contribution >= 0.6 is 0 Å². The molecule has 2 nitrogen and oxygen atoms in total. The van der Waals surface area contributed by atoms with E-state index in [1.165, 1.54) is 0 Å². The van der Waals surface area contributed by atoms with E-state index in [1.807, 2.05) is 36.4 Å². The highest BCUT2D eigenvalue weighted by Crippen LogP contribution is 2.04. The second kappa shape index (κ2) is 6.60. The van der Waals surface area contributed by atoms with E-state index in [1.54, 1.807) is 0 Å². The van der Waals surface area contributed by atoms with E-state index in [0.717, 1.165) is 12.1 Å². The number of rotatable bonds is 5. The summed E-state index contributed by atoms with van der Waals surface area (Å²) >= 11 is 0. The van der Waals surface area contributed by atoms with E-state index in [0.29, 0.717) is 11.6 Å². The van der Waals surface area contributed by atoms with Gasteiger partial charge in [0.15, 0.2) is 0 Å². The predicted molar refractivity (Wildman–Crippen MR) is 67.9 cm³/mol. The van der Waals surface area contributed by atoms with Crippen molar-refractivity contribution in [2.45, 2.75) is 13.0 Å². The molecule has 16 heavy (non-hydrogen) atoms. The lowest BCUT2D eigenvalue weighted by molar-refractivity contribution is 0.687. The zero-order chi connectivity index (χ0) is 11.8. The molecule has 0 saturated carbocycles. The van der Waals surface area contributed by atoms with Gasteiger partial charge in [-0.25, -0.2) is 0 Å². The van der Waals surface area contributed by atoms with Gasteiger partial charge >= 0.3 is 0 Å². The molecule has 1 aromatic rings. The van der Waals surface area contributed by atoms with Crippen molar-refractivity contribution in [3.05, 3.63) is 54.1 Å². The summed E-state index contributed by atoms with van der Waals surface area (Å²) in [7, 11) is 0. The Hall–Kier alpha value is -1.85. The third-order valence-electron chi connectivity index (χ3n) is 2.26. The van der Waals surface area contributed by atoms with Crippen LogP contribution in [0.15, 0.2) is 43.0 Å². The Morgan fingerprint density at radius 3 is 2.69 bits per heavy atom. The highest BCUT2D eigenvalue weighted by atomic mass is 14.9. The third-order valence-corrected chi connectivity index (χ3v) is 2.26. The summed E-state index contributed by atoms with van der Waals surface area (Å²) in [6.45, 7) is 6.57. The summed E-state index contributed by atoms with van der Waals surface area (Å²) in [5.41, 5.74) is 1.79. The summed E-state index contributed by atoms with van der Waals surface area (Å²) in [4.78, 5) is 0. The largest absolute Gasteiger partial charge is 0.307 e. The molecule has 0 heterocycles. The maximum atomic E-state index is 8.64. The first kappa shape index (κ1) is 12.2. The molecule has 1 rings (SSSR count). The normalized spacial score (nSPS) is 12.2. The van der Waals surface area contributed by atoms with E-state index in [4.69, 9.17) is 5.26 Å². The summed E-state index contributed by atoms with van der Waals surface area (Å²) in [6.07, 6.45) is 5.96. The molecule has 0 aliphatic carbocycles. The molecule has 1 aromatic carbocycles. The topological polar surface area (TPSA) is 35.8 Å². The molecule has 0 radical (unpaired) electrons. The van der Waals surface area contributed by atoms with Gasteiger partial charge < -0.3 is 5.32 Å². The molecule has 1 unspecified atom stereocenters. The lowest BCUT2D eigenvalue weighted by atomic mass is 10.1. The van der Waals surface area contributed by atoms with E-state index in [2.05, 4.69) is 31.0 Å². The van der Waals surface area contributed by atoms with Crippen molar-refractivity contribution in [3.8, 4) is 6.07 Å². The number of nitrogens with one attached hydrogen (secondary N) is 1. The van der Waals surface area contributed by atoms with Crippen molar-refractivity contribution in [3.63, 3.8) is 0 Å². The van der Waals surface area contributed by atoms with Gasteiger partial charge in [0.2, 0.25) is 0 Å². The Morgan fingerprint density at radius 1 is 1.44 bits per heavy atom. The fourth-order valence-corrected chi connectivity index (χ4v) is 1.20. The average Bonchev–Trinajstić information content (AvgIpc) is 2.35. The fourth-order valence-electron chi connectivity index (χ4n) is 1.20. The lowest BCUT2D eigenvalue weighted by Crippen LogP contribution is -2.23. The van der Waals surface area contributed by atoms with Gasteiger partial charge in [-0.1, -0.05) is 30.4 Å². The Morgan fingerprint density at radius 2 is 2.12 bits per heavy atom. The SMILES string of the molecule is C=CC(C)NC/C=C/c1ccc(C#N)cc1. The van der Waals surface area contributed by atoms with Gasteiger partial charge in [0.05, 0.1) is 11.6 Å². The number of benzene rings is 1. The van der Waals surface area contributed by atoms with Crippen LogP contribution in [0.3, 0.4) is 0 Å². The summed E-state index contributed by atoms with van der Waals surface area (Å²) in [5.74, 6) is 0. The number of nitrogens with zero attached hydrogens (tertiary/aromatic N) is 1. The molecule has 0 spiro atoms. The molecule has 0 fully saturated rings. The maximum absolute atomic E-state index is 8.64. The molecule has 0 aromatic heterocycles. The zero-order valence-electron chi connectivity index (χ0n) is 9.48. The highest BCUT2D eigenvalue weighted by molar-refractivity contribution is 5.51. The minimum Gasteiger partial charge on any atom is -0.307 e. The Bertz CT molecular complexity index is 396. The molecular formula is C14H16N2. The summed E-state index contributed by atoms with van der Waals surface area (Å²) in [6, 6.07) is 9.93. The van der Waals surface area contributed by atoms with Crippen LogP contribution in [-0.2, 0) is 0 Å². The standard InChI is InChI=1S/C14H16N2/c1-3-12(2)16-10-4-5-13-6-8-14(11-15)9-7-13/h3-9,12,16H,1,10H2,2H3/b5-4+. The van der Waals surface area contributed by atoms with Crippen LogP contribution in [0.4, 0.5) is 0 Å². The molecule has 1 atom stereocenters. The molecular weight excluding hydrogens is 196 g/mol. The van der Waals surface area contributed by atoms with E-state index in [-0.39, 0.29) is 0 Å². The Labute approximate surface area is 96.9 Å². The van der Waals surface area contributed by atoms with Gasteiger partial charge in [-0.2, -0.15) is 5.26 Å². The summed E-state index contributed by atoms with van der Waals surface area (Å²) < 4.78 is 0. The fraction of sp³-hybridized carbons (Fsp3) is 0.214. The molecule has 0 aliphatic heterocycles.